The molecular weight excluding hydrogens is 411 g/mol. The quantitative estimate of drug-likeness (QED) is 0.352. The second-order valence-electron chi connectivity index (χ2n) is 10.2. The van der Waals surface area contributed by atoms with E-state index in [1.807, 2.05) is 13.2 Å². The zero-order valence-corrected chi connectivity index (χ0v) is 19.8. The number of nitrogens with one attached hydrogen (secondary N) is 2. The van der Waals surface area contributed by atoms with Crippen LogP contribution in [0.1, 0.15) is 56.3 Å². The summed E-state index contributed by atoms with van der Waals surface area (Å²) in [4.78, 5) is 9.37. The van der Waals surface area contributed by atoms with Crippen LogP contribution in [0, 0.1) is 29.6 Å². The van der Waals surface area contributed by atoms with Crippen LogP contribution in [-0.4, -0.2) is 23.1 Å². The monoisotopic (exact) mass is 446 g/mol. The number of allylic oxidation sites excluding steroid dienone is 5. The summed E-state index contributed by atoms with van der Waals surface area (Å²) >= 11 is 0. The van der Waals surface area contributed by atoms with Crippen LogP contribution in [0.15, 0.2) is 61.3 Å². The molecule has 4 nitrogen and oxygen atoms in total. The van der Waals surface area contributed by atoms with Crippen molar-refractivity contribution in [1.82, 2.24) is 15.3 Å². The van der Waals surface area contributed by atoms with Gasteiger partial charge in [-0.15, -0.1) is 6.58 Å². The molecule has 2 N–H and O–H groups in total. The Morgan fingerprint density at radius 2 is 1.85 bits per heavy atom. The van der Waals surface area contributed by atoms with Crippen molar-refractivity contribution in [1.29, 1.82) is 0 Å². The number of rotatable bonds is 9. The number of hydrogen-bond donors (Lipinski definition) is 2. The van der Waals surface area contributed by atoms with E-state index in [1.165, 1.54) is 25.3 Å². The lowest BCUT2D eigenvalue weighted by Crippen LogP contribution is -2.52. The molecule has 0 spiro atoms. The van der Waals surface area contributed by atoms with Crippen LogP contribution in [0.2, 0.25) is 0 Å². The van der Waals surface area contributed by atoms with Gasteiger partial charge in [-0.3, -0.25) is 0 Å². The topological polar surface area (TPSA) is 49.8 Å². The molecule has 0 radical (unpaired) electrons. The fraction of sp³-hybridized carbons (Fsp3) is 0.500. The molecular formula is C28H35FN4. The smallest absolute Gasteiger partial charge is 0.152 e. The number of nitrogens with zero attached hydrogens (tertiary/aromatic N) is 2. The van der Waals surface area contributed by atoms with Gasteiger partial charge in [-0.05, 0) is 80.4 Å². The Morgan fingerprint density at radius 1 is 1.12 bits per heavy atom. The molecule has 0 amide bonds. The van der Waals surface area contributed by atoms with Crippen LogP contribution in [0.3, 0.4) is 0 Å². The number of aromatic nitrogens is 2. The summed E-state index contributed by atoms with van der Waals surface area (Å²) in [5, 5.41) is 6.70. The fourth-order valence-electron chi connectivity index (χ4n) is 6.33. The molecule has 0 aliphatic heterocycles. The second kappa shape index (κ2) is 8.58. The average molecular weight is 447 g/mol. The van der Waals surface area contributed by atoms with Gasteiger partial charge in [0, 0.05) is 30.5 Å². The molecule has 5 aliphatic rings. The highest BCUT2D eigenvalue weighted by molar-refractivity contribution is 5.83. The molecule has 5 fully saturated rings. The molecule has 6 atom stereocenters. The van der Waals surface area contributed by atoms with Gasteiger partial charge in [0.1, 0.15) is 11.5 Å². The highest BCUT2D eigenvalue weighted by Crippen LogP contribution is 2.64. The predicted molar refractivity (Wildman–Crippen MR) is 133 cm³/mol. The van der Waals surface area contributed by atoms with E-state index in [4.69, 9.17) is 4.98 Å². The van der Waals surface area contributed by atoms with Gasteiger partial charge >= 0.3 is 0 Å². The molecule has 1 aromatic rings. The largest absolute Gasteiger partial charge is 0.379 e. The maximum atomic E-state index is 15.1. The van der Waals surface area contributed by atoms with Gasteiger partial charge in [0.25, 0.3) is 0 Å². The molecule has 1 aromatic heterocycles. The molecule has 0 saturated heterocycles. The van der Waals surface area contributed by atoms with Crippen LogP contribution in [0.4, 0.5) is 10.2 Å². The molecule has 1 heterocycles. The van der Waals surface area contributed by atoms with Gasteiger partial charge in [0.2, 0.25) is 0 Å². The molecule has 5 aliphatic carbocycles. The maximum Gasteiger partial charge on any atom is 0.152 e. The highest BCUT2D eigenvalue weighted by Gasteiger charge is 2.60. The van der Waals surface area contributed by atoms with E-state index in [2.05, 4.69) is 41.4 Å². The third kappa shape index (κ3) is 3.96. The van der Waals surface area contributed by atoms with Gasteiger partial charge in [-0.2, -0.15) is 0 Å². The zero-order chi connectivity index (χ0) is 23.3. The first-order valence-electron chi connectivity index (χ1n) is 12.3. The number of anilines is 1. The molecule has 0 aromatic carbocycles. The lowest BCUT2D eigenvalue weighted by Gasteiger charge is -2.48. The van der Waals surface area contributed by atoms with Crippen LogP contribution in [0.5, 0.6) is 0 Å². The van der Waals surface area contributed by atoms with Crippen molar-refractivity contribution in [2.45, 2.75) is 51.0 Å². The van der Waals surface area contributed by atoms with Crippen molar-refractivity contribution >= 4 is 11.4 Å². The van der Waals surface area contributed by atoms with Crippen LogP contribution >= 0.6 is 0 Å². The second-order valence-corrected chi connectivity index (χ2v) is 10.2. The number of hydrogen-bond acceptors (Lipinski definition) is 4. The van der Waals surface area contributed by atoms with Gasteiger partial charge in [0.05, 0.1) is 17.6 Å². The summed E-state index contributed by atoms with van der Waals surface area (Å²) in [5.41, 5.74) is 3.44. The molecule has 6 rings (SSSR count). The Labute approximate surface area is 196 Å². The van der Waals surface area contributed by atoms with Crippen LogP contribution in [-0.2, 0) is 0 Å². The SMILES string of the molecule is C=CC1C2CCC(C3CC23)C1NC(=C/C(=C)C(=C)c1nc(C2CC2)cnc1NC)/C(F)=C\C. The summed E-state index contributed by atoms with van der Waals surface area (Å²) in [6.07, 6.45) is 13.4. The summed E-state index contributed by atoms with van der Waals surface area (Å²) in [6.45, 7) is 14.3. The van der Waals surface area contributed by atoms with Gasteiger partial charge in [-0.1, -0.05) is 19.2 Å². The first-order chi connectivity index (χ1) is 16.0. The minimum absolute atomic E-state index is 0.217. The lowest BCUT2D eigenvalue weighted by atomic mass is 9.61. The minimum atomic E-state index is -0.271. The van der Waals surface area contributed by atoms with E-state index in [1.54, 1.807) is 13.0 Å². The summed E-state index contributed by atoms with van der Waals surface area (Å²) < 4.78 is 15.1. The predicted octanol–water partition coefficient (Wildman–Crippen LogP) is 6.16. The molecule has 6 unspecified atom stereocenters. The number of fused-ring (bicyclic) bond motifs is 2. The molecule has 174 valence electrons. The van der Waals surface area contributed by atoms with Crippen molar-refractivity contribution in [3.63, 3.8) is 0 Å². The van der Waals surface area contributed by atoms with Crippen molar-refractivity contribution in [2.24, 2.45) is 29.6 Å². The molecule has 5 saturated carbocycles. The Hall–Kier alpha value is -2.69. The van der Waals surface area contributed by atoms with Crippen molar-refractivity contribution < 1.29 is 4.39 Å². The lowest BCUT2D eigenvalue weighted by molar-refractivity contribution is 0.0718. The summed E-state index contributed by atoms with van der Waals surface area (Å²) in [6, 6.07) is 0.217. The molecule has 33 heavy (non-hydrogen) atoms. The van der Waals surface area contributed by atoms with Gasteiger partial charge < -0.3 is 10.6 Å². The van der Waals surface area contributed by atoms with E-state index < -0.39 is 0 Å². The van der Waals surface area contributed by atoms with E-state index in [0.717, 1.165) is 30.4 Å². The summed E-state index contributed by atoms with van der Waals surface area (Å²) in [7, 11) is 1.82. The Balaban J connectivity index is 1.41. The number of halogens is 1. The van der Waals surface area contributed by atoms with Crippen molar-refractivity contribution in [3.8, 4) is 0 Å². The average Bonchev–Trinajstić information content (AvgIpc) is 3.75. The summed E-state index contributed by atoms with van der Waals surface area (Å²) in [5.74, 6) is 4.18. The highest BCUT2D eigenvalue weighted by atomic mass is 19.1. The third-order valence-corrected chi connectivity index (χ3v) is 8.32. The third-order valence-electron chi connectivity index (χ3n) is 8.32. The fourth-order valence-corrected chi connectivity index (χ4v) is 6.33. The molecule has 5 heteroatoms. The van der Waals surface area contributed by atoms with E-state index in [-0.39, 0.29) is 11.9 Å². The van der Waals surface area contributed by atoms with E-state index in [9.17, 15) is 0 Å². The van der Waals surface area contributed by atoms with Gasteiger partial charge in [-0.25, -0.2) is 14.4 Å². The van der Waals surface area contributed by atoms with Crippen LogP contribution < -0.4 is 10.6 Å². The normalized spacial score (nSPS) is 32.7. The van der Waals surface area contributed by atoms with Crippen molar-refractivity contribution in [3.05, 3.63) is 72.6 Å². The van der Waals surface area contributed by atoms with Crippen LogP contribution in [0.25, 0.3) is 5.57 Å². The Morgan fingerprint density at radius 3 is 2.52 bits per heavy atom. The molecule has 2 bridgehead atoms. The van der Waals surface area contributed by atoms with Crippen molar-refractivity contribution in [2.75, 3.05) is 12.4 Å². The first kappa shape index (κ1) is 22.1. The standard InChI is InChI=1S/C28H35FN4/c1-6-18-19-10-11-20(22-13-21(19)22)27(18)32-24(23(29)7-2)12-15(3)16(4)26-28(30-5)31-14-25(33-26)17-8-9-17/h6-7,12,14,17-22,27,32H,1,3-4,8-11,13H2,2,5H3,(H,30,31)/b23-7+,24-12+. The first-order valence-corrected chi connectivity index (χ1v) is 12.3. The Bertz CT molecular complexity index is 1050. The Kier molecular flexibility index (Phi) is 5.75. The van der Waals surface area contributed by atoms with E-state index in [0.29, 0.717) is 52.0 Å². The minimum Gasteiger partial charge on any atom is -0.379 e. The van der Waals surface area contributed by atoms with Gasteiger partial charge in [0.15, 0.2) is 5.82 Å². The zero-order valence-electron chi connectivity index (χ0n) is 19.8. The van der Waals surface area contributed by atoms with E-state index >= 15 is 4.39 Å². The maximum absolute atomic E-state index is 15.1.